The normalized spacial score (nSPS) is 20.4. The van der Waals surface area contributed by atoms with E-state index in [0.717, 1.165) is 43.2 Å². The Labute approximate surface area is 121 Å². The largest absolute Gasteiger partial charge is 0.396 e. The Hall–Kier alpha value is -0.880. The van der Waals surface area contributed by atoms with Gasteiger partial charge in [-0.2, -0.15) is 5.10 Å². The number of rotatable bonds is 3. The van der Waals surface area contributed by atoms with Crippen LogP contribution in [0.15, 0.2) is 10.7 Å². The highest BCUT2D eigenvalue weighted by atomic mass is 79.9. The van der Waals surface area contributed by atoms with Crippen LogP contribution in [0.3, 0.4) is 0 Å². The van der Waals surface area contributed by atoms with Gasteiger partial charge in [-0.25, -0.2) is 0 Å². The van der Waals surface area contributed by atoms with Gasteiger partial charge in [-0.1, -0.05) is 0 Å². The maximum Gasteiger partial charge on any atom is 0.273 e. The fourth-order valence-corrected chi connectivity index (χ4v) is 3.16. The summed E-state index contributed by atoms with van der Waals surface area (Å²) in [6.07, 6.45) is 5.57. The SMILES string of the molecule is Cn1ncc(Br)c1C(=O)N1CCCC(CCO)CC1. The quantitative estimate of drug-likeness (QED) is 0.920. The number of halogens is 1. The van der Waals surface area contributed by atoms with Crippen LogP contribution >= 0.6 is 15.9 Å². The first-order valence-electron chi connectivity index (χ1n) is 6.71. The third-order valence-electron chi connectivity index (χ3n) is 3.77. The van der Waals surface area contributed by atoms with Crippen molar-refractivity contribution in [1.82, 2.24) is 14.7 Å². The van der Waals surface area contributed by atoms with Crippen LogP contribution < -0.4 is 0 Å². The number of nitrogens with zero attached hydrogens (tertiary/aromatic N) is 3. The molecule has 6 heteroatoms. The summed E-state index contributed by atoms with van der Waals surface area (Å²) in [5.41, 5.74) is 0.612. The molecular weight excluding hydrogens is 310 g/mol. The molecule has 1 saturated heterocycles. The van der Waals surface area contributed by atoms with Crippen molar-refractivity contribution in [3.8, 4) is 0 Å². The van der Waals surface area contributed by atoms with Gasteiger partial charge in [0.2, 0.25) is 0 Å². The number of carbonyl (C=O) groups excluding carboxylic acids is 1. The van der Waals surface area contributed by atoms with Crippen LogP contribution in [-0.4, -0.2) is 45.4 Å². The predicted octanol–water partition coefficient (Wildman–Crippen LogP) is 1.81. The summed E-state index contributed by atoms with van der Waals surface area (Å²) in [5.74, 6) is 0.578. The van der Waals surface area contributed by atoms with Crippen molar-refractivity contribution in [1.29, 1.82) is 0 Å². The minimum Gasteiger partial charge on any atom is -0.396 e. The molecule has 1 aliphatic heterocycles. The van der Waals surface area contributed by atoms with Gasteiger partial charge in [0.1, 0.15) is 5.69 Å². The van der Waals surface area contributed by atoms with Crippen molar-refractivity contribution in [2.24, 2.45) is 13.0 Å². The van der Waals surface area contributed by atoms with Crippen LogP contribution in [0.2, 0.25) is 0 Å². The average molecular weight is 330 g/mol. The van der Waals surface area contributed by atoms with E-state index in [1.807, 2.05) is 4.90 Å². The molecule has 5 nitrogen and oxygen atoms in total. The van der Waals surface area contributed by atoms with E-state index in [2.05, 4.69) is 21.0 Å². The van der Waals surface area contributed by atoms with Crippen LogP contribution in [0.5, 0.6) is 0 Å². The van der Waals surface area contributed by atoms with Crippen molar-refractivity contribution in [2.75, 3.05) is 19.7 Å². The van der Waals surface area contributed by atoms with Crippen molar-refractivity contribution in [2.45, 2.75) is 25.7 Å². The van der Waals surface area contributed by atoms with Crippen molar-refractivity contribution in [3.05, 3.63) is 16.4 Å². The molecule has 1 N–H and O–H groups in total. The lowest BCUT2D eigenvalue weighted by Crippen LogP contribution is -2.33. The average Bonchev–Trinajstić information content (AvgIpc) is 2.61. The number of amides is 1. The van der Waals surface area contributed by atoms with E-state index in [-0.39, 0.29) is 12.5 Å². The maximum absolute atomic E-state index is 12.5. The highest BCUT2D eigenvalue weighted by Crippen LogP contribution is 2.23. The van der Waals surface area contributed by atoms with Gasteiger partial charge in [0.05, 0.1) is 10.7 Å². The molecule has 0 aliphatic carbocycles. The summed E-state index contributed by atoms with van der Waals surface area (Å²) in [4.78, 5) is 14.4. The first kappa shape index (κ1) is 14.5. The van der Waals surface area contributed by atoms with E-state index in [0.29, 0.717) is 11.6 Å². The lowest BCUT2D eigenvalue weighted by molar-refractivity contribution is 0.0747. The van der Waals surface area contributed by atoms with Gasteiger partial charge in [-0.3, -0.25) is 9.48 Å². The van der Waals surface area contributed by atoms with Crippen LogP contribution in [0.25, 0.3) is 0 Å². The molecule has 1 aliphatic rings. The summed E-state index contributed by atoms with van der Waals surface area (Å²) >= 11 is 3.38. The molecule has 1 amide bonds. The third-order valence-corrected chi connectivity index (χ3v) is 4.35. The van der Waals surface area contributed by atoms with Gasteiger partial charge in [-0.05, 0) is 47.5 Å². The fraction of sp³-hybridized carbons (Fsp3) is 0.692. The molecular formula is C13H20BrN3O2. The molecule has 2 rings (SSSR count). The second-order valence-electron chi connectivity index (χ2n) is 5.07. The standard InChI is InChI=1S/C13H20BrN3O2/c1-16-12(11(14)9-15-16)13(19)17-6-2-3-10(4-7-17)5-8-18/h9-10,18H,2-8H2,1H3. The van der Waals surface area contributed by atoms with E-state index < -0.39 is 0 Å². The maximum atomic E-state index is 12.5. The number of aromatic nitrogens is 2. The van der Waals surface area contributed by atoms with Crippen LogP contribution in [0, 0.1) is 5.92 Å². The van der Waals surface area contributed by atoms with Crippen LogP contribution in [-0.2, 0) is 7.05 Å². The lowest BCUT2D eigenvalue weighted by atomic mass is 9.98. The Morgan fingerprint density at radius 1 is 1.53 bits per heavy atom. The molecule has 1 atom stereocenters. The summed E-state index contributed by atoms with van der Waals surface area (Å²) in [6.45, 7) is 1.80. The molecule has 106 valence electrons. The molecule has 1 aromatic heterocycles. The zero-order valence-electron chi connectivity index (χ0n) is 11.2. The van der Waals surface area contributed by atoms with Gasteiger partial charge in [0, 0.05) is 26.7 Å². The van der Waals surface area contributed by atoms with Crippen LogP contribution in [0.4, 0.5) is 0 Å². The number of aliphatic hydroxyl groups excluding tert-OH is 1. The first-order chi connectivity index (χ1) is 9.13. The molecule has 0 bridgehead atoms. The molecule has 1 aromatic rings. The predicted molar refractivity (Wildman–Crippen MR) is 75.9 cm³/mol. The van der Waals surface area contributed by atoms with Crippen molar-refractivity contribution >= 4 is 21.8 Å². The topological polar surface area (TPSA) is 58.4 Å². The fourth-order valence-electron chi connectivity index (χ4n) is 2.64. The van der Waals surface area contributed by atoms with Crippen molar-refractivity contribution < 1.29 is 9.90 Å². The number of aryl methyl sites for hydroxylation is 1. The van der Waals surface area contributed by atoms with Gasteiger partial charge in [0.25, 0.3) is 5.91 Å². The first-order valence-corrected chi connectivity index (χ1v) is 7.50. The molecule has 0 saturated carbocycles. The van der Waals surface area contributed by atoms with Gasteiger partial charge < -0.3 is 10.0 Å². The zero-order chi connectivity index (χ0) is 13.8. The Bertz CT molecular complexity index is 428. The van der Waals surface area contributed by atoms with Gasteiger partial charge in [0.15, 0.2) is 0 Å². The van der Waals surface area contributed by atoms with E-state index in [1.54, 1.807) is 17.9 Å². The monoisotopic (exact) mass is 329 g/mol. The van der Waals surface area contributed by atoms with Crippen molar-refractivity contribution in [3.63, 3.8) is 0 Å². The Kier molecular flexibility index (Phi) is 4.99. The summed E-state index contributed by atoms with van der Waals surface area (Å²) in [6, 6.07) is 0. The highest BCUT2D eigenvalue weighted by Gasteiger charge is 2.24. The van der Waals surface area contributed by atoms with E-state index in [1.165, 1.54) is 0 Å². The number of aliphatic hydroxyl groups is 1. The number of likely N-dealkylation sites (tertiary alicyclic amines) is 1. The molecule has 0 spiro atoms. The molecule has 2 heterocycles. The highest BCUT2D eigenvalue weighted by molar-refractivity contribution is 9.10. The number of hydrogen-bond acceptors (Lipinski definition) is 3. The van der Waals surface area contributed by atoms with Gasteiger partial charge >= 0.3 is 0 Å². The molecule has 19 heavy (non-hydrogen) atoms. The van der Waals surface area contributed by atoms with Gasteiger partial charge in [-0.15, -0.1) is 0 Å². The Morgan fingerprint density at radius 3 is 2.95 bits per heavy atom. The molecule has 0 radical (unpaired) electrons. The minimum absolute atomic E-state index is 0.0384. The van der Waals surface area contributed by atoms with E-state index >= 15 is 0 Å². The zero-order valence-corrected chi connectivity index (χ0v) is 12.8. The number of carbonyl (C=O) groups is 1. The smallest absolute Gasteiger partial charge is 0.273 e. The minimum atomic E-state index is 0.0384. The second-order valence-corrected chi connectivity index (χ2v) is 5.92. The molecule has 0 aromatic carbocycles. The van der Waals surface area contributed by atoms with E-state index in [4.69, 9.17) is 5.11 Å². The number of hydrogen-bond donors (Lipinski definition) is 1. The lowest BCUT2D eigenvalue weighted by Gasteiger charge is -2.20. The second kappa shape index (κ2) is 6.52. The Morgan fingerprint density at radius 2 is 2.32 bits per heavy atom. The molecule has 1 unspecified atom stereocenters. The van der Waals surface area contributed by atoms with E-state index in [9.17, 15) is 4.79 Å². The summed E-state index contributed by atoms with van der Waals surface area (Å²) in [5, 5.41) is 13.1. The Balaban J connectivity index is 2.04. The van der Waals surface area contributed by atoms with Crippen LogP contribution in [0.1, 0.15) is 36.2 Å². The summed E-state index contributed by atoms with van der Waals surface area (Å²) < 4.78 is 2.36. The summed E-state index contributed by atoms with van der Waals surface area (Å²) in [7, 11) is 1.78. The molecule has 1 fully saturated rings. The third kappa shape index (κ3) is 3.36.